The number of nitrogens with zero attached hydrogens (tertiary/aromatic N) is 1. The van der Waals surface area contributed by atoms with E-state index in [1.165, 1.54) is 13.1 Å². The molecule has 0 fully saturated rings. The zero-order valence-corrected chi connectivity index (χ0v) is 14.2. The van der Waals surface area contributed by atoms with E-state index in [-0.39, 0.29) is 5.56 Å². The van der Waals surface area contributed by atoms with Crippen molar-refractivity contribution in [3.05, 3.63) is 52.7 Å². The highest BCUT2D eigenvalue weighted by Gasteiger charge is 2.71. The molecule has 3 nitrogen and oxygen atoms in total. The summed E-state index contributed by atoms with van der Waals surface area (Å²) in [5, 5.41) is 9.51. The Bertz CT molecular complexity index is 844. The second-order valence-electron chi connectivity index (χ2n) is 5.98. The molecule has 0 aliphatic carbocycles. The Kier molecular flexibility index (Phi) is 5.38. The summed E-state index contributed by atoms with van der Waals surface area (Å²) in [5.41, 5.74) is -4.68. The number of aliphatic hydroxyl groups is 1. The monoisotopic (exact) mass is 391 g/mol. The molecule has 0 spiro atoms. The Morgan fingerprint density at radius 3 is 2.11 bits per heavy atom. The first-order valence-electron chi connectivity index (χ1n) is 7.78. The zero-order valence-electron chi connectivity index (χ0n) is 14.2. The topological polar surface area (TPSA) is 50.2 Å². The van der Waals surface area contributed by atoms with Crippen molar-refractivity contribution in [3.63, 3.8) is 0 Å². The lowest BCUT2D eigenvalue weighted by Gasteiger charge is -2.33. The van der Waals surface area contributed by atoms with Gasteiger partial charge in [-0.3, -0.25) is 9.78 Å². The molecule has 1 N–H and O–H groups in total. The van der Waals surface area contributed by atoms with Gasteiger partial charge >= 0.3 is 12.4 Å². The SMILES string of the molecule is CCc1cc(C=O)cnc1-c1ccc(C(O)(C(F)(F)F)C(F)(F)F)cc1C. The molecule has 0 saturated heterocycles. The summed E-state index contributed by atoms with van der Waals surface area (Å²) in [6.45, 7) is 3.09. The number of carbonyl (C=O) groups excluding carboxylic acids is 1. The van der Waals surface area contributed by atoms with E-state index in [1.54, 1.807) is 13.0 Å². The predicted octanol–water partition coefficient (Wildman–Crippen LogP) is 4.74. The minimum absolute atomic E-state index is 0.0699. The van der Waals surface area contributed by atoms with Crippen LogP contribution < -0.4 is 0 Å². The summed E-state index contributed by atoms with van der Waals surface area (Å²) >= 11 is 0. The van der Waals surface area contributed by atoms with Gasteiger partial charge in [0.1, 0.15) is 0 Å². The smallest absolute Gasteiger partial charge is 0.369 e. The highest BCUT2D eigenvalue weighted by Crippen LogP contribution is 2.50. The van der Waals surface area contributed by atoms with E-state index in [0.717, 1.165) is 6.07 Å². The summed E-state index contributed by atoms with van der Waals surface area (Å²) in [6, 6.07) is 3.82. The second-order valence-corrected chi connectivity index (χ2v) is 5.98. The third kappa shape index (κ3) is 3.55. The van der Waals surface area contributed by atoms with Crippen molar-refractivity contribution in [2.75, 3.05) is 0 Å². The van der Waals surface area contributed by atoms with Crippen molar-refractivity contribution in [3.8, 4) is 11.3 Å². The third-order valence-electron chi connectivity index (χ3n) is 4.22. The minimum atomic E-state index is -5.95. The fraction of sp³-hybridized carbons (Fsp3) is 0.333. The number of hydrogen-bond acceptors (Lipinski definition) is 3. The normalized spacial score (nSPS) is 12.9. The quantitative estimate of drug-likeness (QED) is 0.605. The number of aldehydes is 1. The van der Waals surface area contributed by atoms with Gasteiger partial charge in [0, 0.05) is 22.9 Å². The first-order chi connectivity index (χ1) is 12.4. The summed E-state index contributed by atoms with van der Waals surface area (Å²) < 4.78 is 78.2. The van der Waals surface area contributed by atoms with Crippen molar-refractivity contribution in [2.24, 2.45) is 0 Å². The van der Waals surface area contributed by atoms with Gasteiger partial charge in [-0.25, -0.2) is 0 Å². The molecule has 0 atom stereocenters. The average Bonchev–Trinajstić information content (AvgIpc) is 2.58. The molecule has 0 saturated carbocycles. The van der Waals surface area contributed by atoms with Gasteiger partial charge in [-0.2, -0.15) is 26.3 Å². The van der Waals surface area contributed by atoms with Crippen LogP contribution in [0.15, 0.2) is 30.5 Å². The molecule has 2 rings (SSSR count). The standard InChI is InChI=1S/C18H15F6NO2/c1-3-12-7-11(9-26)8-25-15(12)14-5-4-13(6-10(14)2)16(27,17(19,20)21)18(22,23)24/h4-9,27H,3H2,1-2H3. The summed E-state index contributed by atoms with van der Waals surface area (Å²) in [5.74, 6) is 0. The van der Waals surface area contributed by atoms with E-state index >= 15 is 0 Å². The number of rotatable bonds is 4. The molecular formula is C18H15F6NO2. The number of carbonyl (C=O) groups is 1. The van der Waals surface area contributed by atoms with Crippen molar-refractivity contribution >= 4 is 6.29 Å². The number of alkyl halides is 6. The van der Waals surface area contributed by atoms with Crippen LogP contribution in [0.25, 0.3) is 11.3 Å². The van der Waals surface area contributed by atoms with Gasteiger partial charge in [0.25, 0.3) is 5.60 Å². The predicted molar refractivity (Wildman–Crippen MR) is 85.2 cm³/mol. The van der Waals surface area contributed by atoms with Gasteiger partial charge in [-0.15, -0.1) is 0 Å². The van der Waals surface area contributed by atoms with Crippen molar-refractivity contribution in [1.29, 1.82) is 0 Å². The van der Waals surface area contributed by atoms with E-state index in [0.29, 0.717) is 47.2 Å². The Hall–Kier alpha value is -2.42. The van der Waals surface area contributed by atoms with Crippen LogP contribution in [-0.4, -0.2) is 28.7 Å². The number of benzene rings is 1. The van der Waals surface area contributed by atoms with Crippen LogP contribution in [-0.2, 0) is 12.0 Å². The van der Waals surface area contributed by atoms with Gasteiger partial charge < -0.3 is 5.11 Å². The maximum absolute atomic E-state index is 13.0. The van der Waals surface area contributed by atoms with Gasteiger partial charge in [-0.05, 0) is 30.5 Å². The lowest BCUT2D eigenvalue weighted by Crippen LogP contribution is -2.53. The van der Waals surface area contributed by atoms with Crippen LogP contribution in [0.3, 0.4) is 0 Å². The van der Waals surface area contributed by atoms with Crippen molar-refractivity contribution in [1.82, 2.24) is 4.98 Å². The van der Waals surface area contributed by atoms with Crippen LogP contribution in [0, 0.1) is 6.92 Å². The summed E-state index contributed by atoms with van der Waals surface area (Å²) in [6.07, 6.45) is -9.61. The van der Waals surface area contributed by atoms with E-state index in [2.05, 4.69) is 4.98 Å². The maximum Gasteiger partial charge on any atom is 0.430 e. The molecular weight excluding hydrogens is 376 g/mol. The molecule has 1 aromatic heterocycles. The molecule has 2 aromatic rings. The lowest BCUT2D eigenvalue weighted by molar-refractivity contribution is -0.376. The molecule has 0 aliphatic rings. The summed E-state index contributed by atoms with van der Waals surface area (Å²) in [7, 11) is 0. The molecule has 1 heterocycles. The minimum Gasteiger partial charge on any atom is -0.369 e. The van der Waals surface area contributed by atoms with Crippen molar-refractivity contribution < 1.29 is 36.2 Å². The Balaban J connectivity index is 2.64. The van der Waals surface area contributed by atoms with E-state index in [9.17, 15) is 36.2 Å². The van der Waals surface area contributed by atoms with E-state index in [1.807, 2.05) is 0 Å². The van der Waals surface area contributed by atoms with Crippen LogP contribution in [0.2, 0.25) is 0 Å². The summed E-state index contributed by atoms with van der Waals surface area (Å²) in [4.78, 5) is 15.0. The lowest BCUT2D eigenvalue weighted by atomic mass is 9.88. The highest BCUT2D eigenvalue weighted by atomic mass is 19.4. The molecule has 146 valence electrons. The number of aromatic nitrogens is 1. The van der Waals surface area contributed by atoms with E-state index < -0.39 is 23.5 Å². The van der Waals surface area contributed by atoms with Gasteiger partial charge in [-0.1, -0.05) is 25.1 Å². The molecule has 0 radical (unpaired) electrons. The molecule has 1 aromatic carbocycles. The number of aryl methyl sites for hydroxylation is 2. The van der Waals surface area contributed by atoms with Gasteiger partial charge in [0.2, 0.25) is 0 Å². The van der Waals surface area contributed by atoms with Crippen molar-refractivity contribution in [2.45, 2.75) is 38.2 Å². The van der Waals surface area contributed by atoms with Crippen LogP contribution in [0.5, 0.6) is 0 Å². The van der Waals surface area contributed by atoms with E-state index in [4.69, 9.17) is 0 Å². The molecule has 0 amide bonds. The van der Waals surface area contributed by atoms with Gasteiger partial charge in [0.05, 0.1) is 5.69 Å². The molecule has 9 heteroatoms. The molecule has 27 heavy (non-hydrogen) atoms. The Morgan fingerprint density at radius 2 is 1.67 bits per heavy atom. The van der Waals surface area contributed by atoms with Crippen LogP contribution in [0.4, 0.5) is 26.3 Å². The van der Waals surface area contributed by atoms with Crippen LogP contribution >= 0.6 is 0 Å². The highest BCUT2D eigenvalue weighted by molar-refractivity contribution is 5.77. The second kappa shape index (κ2) is 6.95. The largest absolute Gasteiger partial charge is 0.430 e. The number of hydrogen-bond donors (Lipinski definition) is 1. The molecule has 0 unspecified atom stereocenters. The Labute approximate surface area is 150 Å². The molecule has 0 aliphatic heterocycles. The Morgan fingerprint density at radius 1 is 1.07 bits per heavy atom. The first kappa shape index (κ1) is 20.9. The molecule has 0 bridgehead atoms. The zero-order chi connectivity index (χ0) is 20.6. The van der Waals surface area contributed by atoms with Gasteiger partial charge in [0.15, 0.2) is 6.29 Å². The number of pyridine rings is 1. The van der Waals surface area contributed by atoms with Crippen LogP contribution in [0.1, 0.15) is 34.0 Å². The number of halogens is 6. The average molecular weight is 391 g/mol. The first-order valence-corrected chi connectivity index (χ1v) is 7.78. The fourth-order valence-corrected chi connectivity index (χ4v) is 2.75. The third-order valence-corrected chi connectivity index (χ3v) is 4.22. The maximum atomic E-state index is 13.0. The fourth-order valence-electron chi connectivity index (χ4n) is 2.75.